The van der Waals surface area contributed by atoms with Crippen LogP contribution in [0.25, 0.3) is 0 Å². The molecule has 0 aliphatic rings. The van der Waals surface area contributed by atoms with Crippen molar-refractivity contribution in [2.75, 3.05) is 18.9 Å². The van der Waals surface area contributed by atoms with Crippen molar-refractivity contribution >= 4 is 27.7 Å². The number of nitrogens with two attached hydrogens (primary N) is 1. The van der Waals surface area contributed by atoms with E-state index in [9.17, 15) is 23.1 Å². The van der Waals surface area contributed by atoms with Gasteiger partial charge in [-0.25, -0.2) is 13.2 Å². The first kappa shape index (κ1) is 41.0. The number of benzene rings is 3. The molecule has 0 saturated heterocycles. The molecule has 284 valence electrons. The number of carbonyl (C=O) groups is 2. The number of ether oxygens (including phenoxy) is 1. The number of amides is 2. The van der Waals surface area contributed by atoms with Crippen LogP contribution in [0.2, 0.25) is 0 Å². The van der Waals surface area contributed by atoms with Crippen LogP contribution in [0.15, 0.2) is 114 Å². The Morgan fingerprint density at radius 3 is 2.00 bits per heavy atom. The van der Waals surface area contributed by atoms with Crippen LogP contribution < -0.4 is 16.4 Å². The van der Waals surface area contributed by atoms with Gasteiger partial charge in [0.15, 0.2) is 0 Å². The zero-order valence-corrected chi connectivity index (χ0v) is 31.6. The maximum atomic E-state index is 14.3. The molecule has 1 heterocycles. The van der Waals surface area contributed by atoms with E-state index in [0.717, 1.165) is 16.7 Å². The zero-order chi connectivity index (χ0) is 38.2. The highest BCUT2D eigenvalue weighted by atomic mass is 32.2. The van der Waals surface area contributed by atoms with Gasteiger partial charge in [0, 0.05) is 42.6 Å². The largest absolute Gasteiger partial charge is 0.445 e. The molecular weight excluding hydrogens is 691 g/mol. The molecule has 0 spiro atoms. The lowest BCUT2D eigenvalue weighted by molar-refractivity contribution is -0.124. The highest BCUT2D eigenvalue weighted by molar-refractivity contribution is 7.89. The fourth-order valence-electron chi connectivity index (χ4n) is 6.25. The van der Waals surface area contributed by atoms with Gasteiger partial charge in [0.1, 0.15) is 12.6 Å². The average molecular weight is 744 g/mol. The van der Waals surface area contributed by atoms with E-state index in [1.807, 2.05) is 81.4 Å². The molecule has 1 aromatic heterocycles. The SMILES string of the molecule is CC[C@@H](CCC[C@@H](CO)N(CCC(C)C)S(=O)(=O)c1ccc(N)cc1)NC(=O)[C@@H](NC(=O)OCc1ccncc1)C(c1ccccc1)c1ccccc1. The Balaban J connectivity index is 1.52. The predicted molar refractivity (Wildman–Crippen MR) is 207 cm³/mol. The molecule has 3 atom stereocenters. The maximum absolute atomic E-state index is 14.3. The summed E-state index contributed by atoms with van der Waals surface area (Å²) in [7, 11) is -3.91. The van der Waals surface area contributed by atoms with E-state index < -0.39 is 34.1 Å². The van der Waals surface area contributed by atoms with Gasteiger partial charge >= 0.3 is 6.09 Å². The molecule has 0 radical (unpaired) electrons. The number of aliphatic hydroxyl groups is 1. The fraction of sp³-hybridized carbons (Fsp3) is 0.390. The molecule has 0 bridgehead atoms. The first-order chi connectivity index (χ1) is 25.5. The van der Waals surface area contributed by atoms with Gasteiger partial charge in [0.2, 0.25) is 15.9 Å². The molecule has 5 N–H and O–H groups in total. The molecule has 2 amide bonds. The second-order valence-corrected chi connectivity index (χ2v) is 15.5. The molecule has 11 nitrogen and oxygen atoms in total. The first-order valence-corrected chi connectivity index (χ1v) is 19.7. The van der Waals surface area contributed by atoms with E-state index in [1.54, 1.807) is 36.7 Å². The van der Waals surface area contributed by atoms with Gasteiger partial charge in [-0.05, 0) is 91.1 Å². The number of rotatable bonds is 20. The minimum Gasteiger partial charge on any atom is -0.445 e. The summed E-state index contributed by atoms with van der Waals surface area (Å²) in [5, 5.41) is 16.5. The van der Waals surface area contributed by atoms with Crippen molar-refractivity contribution in [3.63, 3.8) is 0 Å². The summed E-state index contributed by atoms with van der Waals surface area (Å²) in [6.45, 7) is 5.94. The number of nitrogens with one attached hydrogen (secondary N) is 2. The third-order valence-corrected chi connectivity index (χ3v) is 11.3. The van der Waals surface area contributed by atoms with Crippen molar-refractivity contribution in [3.8, 4) is 0 Å². The highest BCUT2D eigenvalue weighted by Crippen LogP contribution is 2.29. The van der Waals surface area contributed by atoms with Crippen molar-refractivity contribution in [2.45, 2.75) is 88.4 Å². The number of aromatic nitrogens is 1. The summed E-state index contributed by atoms with van der Waals surface area (Å²) in [5.41, 5.74) is 8.72. The highest BCUT2D eigenvalue weighted by Gasteiger charge is 2.35. The molecule has 0 fully saturated rings. The van der Waals surface area contributed by atoms with Crippen LogP contribution in [0, 0.1) is 5.92 Å². The number of nitrogen functional groups attached to an aromatic ring is 1. The van der Waals surface area contributed by atoms with Crippen LogP contribution in [-0.2, 0) is 26.2 Å². The normalized spacial score (nSPS) is 13.4. The van der Waals surface area contributed by atoms with E-state index in [1.165, 1.54) is 16.4 Å². The predicted octanol–water partition coefficient (Wildman–Crippen LogP) is 6.25. The van der Waals surface area contributed by atoms with Crippen LogP contribution in [0.4, 0.5) is 10.5 Å². The third-order valence-electron chi connectivity index (χ3n) is 9.29. The summed E-state index contributed by atoms with van der Waals surface area (Å²) in [4.78, 5) is 31.7. The molecule has 0 unspecified atom stereocenters. The van der Waals surface area contributed by atoms with E-state index in [0.29, 0.717) is 37.8 Å². The van der Waals surface area contributed by atoms with Crippen molar-refractivity contribution < 1.29 is 27.9 Å². The number of alkyl carbamates (subject to hydrolysis) is 1. The van der Waals surface area contributed by atoms with Gasteiger partial charge in [-0.15, -0.1) is 0 Å². The number of carbonyl (C=O) groups excluding carboxylic acids is 2. The lowest BCUT2D eigenvalue weighted by Gasteiger charge is -2.31. The van der Waals surface area contributed by atoms with E-state index in [-0.39, 0.29) is 42.5 Å². The number of sulfonamides is 1. The summed E-state index contributed by atoms with van der Waals surface area (Å²) in [6, 6.07) is 26.7. The molecule has 0 saturated carbocycles. The Morgan fingerprint density at radius 1 is 0.849 bits per heavy atom. The minimum atomic E-state index is -3.91. The monoisotopic (exact) mass is 743 g/mol. The quantitative estimate of drug-likeness (QED) is 0.0772. The molecule has 3 aromatic carbocycles. The molecule has 4 rings (SSSR count). The van der Waals surface area contributed by atoms with Crippen LogP contribution in [0.1, 0.15) is 75.5 Å². The van der Waals surface area contributed by atoms with E-state index >= 15 is 0 Å². The Bertz CT molecular complexity index is 1760. The summed E-state index contributed by atoms with van der Waals surface area (Å²) < 4.78 is 34.6. The standard InChI is InChI=1S/C41H53N5O6S/c1-4-35(16-11-17-36(28-47)46(27-24-30(2)3)53(50,51)37-20-18-34(42)19-21-37)44-40(48)39(45-41(49)52-29-31-22-25-43-26-23-31)38(32-12-7-5-8-13-32)33-14-9-6-10-15-33/h5-10,12-15,18-23,25-26,30,35-36,38-39,47H,4,11,16-17,24,27-29,42H2,1-3H3,(H,44,48)(H,45,49)/t35-,36-,39-/m0/s1. The summed E-state index contributed by atoms with van der Waals surface area (Å²) in [6.07, 6.45) is 5.16. The first-order valence-electron chi connectivity index (χ1n) is 18.2. The molecule has 4 aromatic rings. The molecule has 0 aliphatic carbocycles. The smallest absolute Gasteiger partial charge is 0.408 e. The fourth-order valence-corrected chi connectivity index (χ4v) is 7.91. The number of anilines is 1. The number of hydrogen-bond donors (Lipinski definition) is 4. The third kappa shape index (κ3) is 12.1. The van der Waals surface area contributed by atoms with Crippen molar-refractivity contribution in [1.29, 1.82) is 0 Å². The second kappa shape index (κ2) is 20.5. The number of nitrogens with zero attached hydrogens (tertiary/aromatic N) is 2. The van der Waals surface area contributed by atoms with Gasteiger partial charge in [0.05, 0.1) is 11.5 Å². The minimum absolute atomic E-state index is 0.00980. The van der Waals surface area contributed by atoms with Gasteiger partial charge in [-0.2, -0.15) is 4.31 Å². The molecule has 0 aliphatic heterocycles. The average Bonchev–Trinajstić information content (AvgIpc) is 3.17. The lowest BCUT2D eigenvalue weighted by atomic mass is 9.84. The van der Waals surface area contributed by atoms with Crippen molar-refractivity contribution in [3.05, 3.63) is 126 Å². The Labute approximate surface area is 314 Å². The van der Waals surface area contributed by atoms with Crippen molar-refractivity contribution in [1.82, 2.24) is 19.9 Å². The Hall–Kier alpha value is -4.78. The summed E-state index contributed by atoms with van der Waals surface area (Å²) >= 11 is 0. The molecular formula is C41H53N5O6S. The number of hydrogen-bond acceptors (Lipinski definition) is 8. The van der Waals surface area contributed by atoms with Crippen LogP contribution in [-0.4, -0.2) is 66.1 Å². The van der Waals surface area contributed by atoms with Crippen LogP contribution in [0.3, 0.4) is 0 Å². The van der Waals surface area contributed by atoms with Gasteiger partial charge in [-0.1, -0.05) is 81.4 Å². The van der Waals surface area contributed by atoms with Gasteiger partial charge in [-0.3, -0.25) is 9.78 Å². The van der Waals surface area contributed by atoms with Gasteiger partial charge in [0.25, 0.3) is 0 Å². The topological polar surface area (TPSA) is 164 Å². The van der Waals surface area contributed by atoms with E-state index in [2.05, 4.69) is 15.6 Å². The Kier molecular flexibility index (Phi) is 15.8. The van der Waals surface area contributed by atoms with Crippen LogP contribution in [0.5, 0.6) is 0 Å². The Morgan fingerprint density at radius 2 is 1.45 bits per heavy atom. The molecule has 12 heteroatoms. The van der Waals surface area contributed by atoms with Crippen molar-refractivity contribution in [2.24, 2.45) is 5.92 Å². The lowest BCUT2D eigenvalue weighted by Crippen LogP contribution is -2.52. The number of pyridine rings is 1. The maximum Gasteiger partial charge on any atom is 0.408 e. The zero-order valence-electron chi connectivity index (χ0n) is 30.8. The van der Waals surface area contributed by atoms with E-state index in [4.69, 9.17) is 10.5 Å². The molecule has 53 heavy (non-hydrogen) atoms. The van der Waals surface area contributed by atoms with Gasteiger partial charge < -0.3 is 26.2 Å². The summed E-state index contributed by atoms with van der Waals surface area (Å²) in [5.74, 6) is -0.656. The van der Waals surface area contributed by atoms with Crippen LogP contribution >= 0.6 is 0 Å². The second-order valence-electron chi connectivity index (χ2n) is 13.6. The number of aliphatic hydroxyl groups excluding tert-OH is 1.